The second-order valence-corrected chi connectivity index (χ2v) is 5.10. The van der Waals surface area contributed by atoms with Gasteiger partial charge in [0.2, 0.25) is 0 Å². The molecule has 5 nitrogen and oxygen atoms in total. The predicted octanol–water partition coefficient (Wildman–Crippen LogP) is 3.41. The van der Waals surface area contributed by atoms with E-state index >= 15 is 0 Å². The van der Waals surface area contributed by atoms with E-state index in [0.717, 1.165) is 21.9 Å². The van der Waals surface area contributed by atoms with Gasteiger partial charge in [0.1, 0.15) is 17.7 Å². The molecule has 0 saturated carbocycles. The first-order valence-electron chi connectivity index (χ1n) is 6.09. The molecule has 0 spiro atoms. The zero-order valence-corrected chi connectivity index (χ0v) is 11.6. The lowest BCUT2D eigenvalue weighted by molar-refractivity contribution is 1.23. The second-order valence-electron chi connectivity index (χ2n) is 4.22. The second kappa shape index (κ2) is 5.49. The molecule has 3 rings (SSSR count). The summed E-state index contributed by atoms with van der Waals surface area (Å²) in [6, 6.07) is 11.2. The smallest absolute Gasteiger partial charge is 0.194 e. The third-order valence-electron chi connectivity index (χ3n) is 2.90. The van der Waals surface area contributed by atoms with Crippen LogP contribution in [-0.2, 0) is 0 Å². The third kappa shape index (κ3) is 2.62. The quantitative estimate of drug-likeness (QED) is 0.750. The molecule has 2 heterocycles. The molecule has 0 radical (unpaired) electrons. The molecule has 0 unspecified atom stereocenters. The average Bonchev–Trinajstić information content (AvgIpc) is 3.10. The summed E-state index contributed by atoms with van der Waals surface area (Å²) in [4.78, 5) is 5.50. The Morgan fingerprint density at radius 2 is 2.00 bits per heavy atom. The molecule has 2 aromatic heterocycles. The molecule has 0 aliphatic carbocycles. The Balaban J connectivity index is 1.81. The monoisotopic (exact) mass is 291 g/mol. The zero-order valence-electron chi connectivity index (χ0n) is 10.8. The first-order valence-corrected chi connectivity index (χ1v) is 6.97. The van der Waals surface area contributed by atoms with Crippen molar-refractivity contribution in [2.45, 2.75) is 0 Å². The van der Waals surface area contributed by atoms with Gasteiger partial charge < -0.3 is 5.32 Å². The maximum atomic E-state index is 8.66. The molecule has 6 heteroatoms. The van der Waals surface area contributed by atoms with Crippen LogP contribution < -0.4 is 5.32 Å². The number of thiazole rings is 1. The SMILES string of the molecule is N#CC(C#N)=CNc1ccc(-c2cn3ccsc3n2)cc1. The largest absolute Gasteiger partial charge is 0.360 e. The van der Waals surface area contributed by atoms with Crippen LogP contribution in [0.15, 0.2) is 53.8 Å². The Bertz CT molecular complexity index is 842. The molecule has 0 amide bonds. The summed E-state index contributed by atoms with van der Waals surface area (Å²) in [5, 5.41) is 22.2. The Morgan fingerprint density at radius 3 is 2.67 bits per heavy atom. The van der Waals surface area contributed by atoms with Crippen molar-refractivity contribution in [3.8, 4) is 23.4 Å². The molecule has 0 saturated heterocycles. The number of nitriles is 2. The van der Waals surface area contributed by atoms with Gasteiger partial charge in [-0.3, -0.25) is 4.40 Å². The van der Waals surface area contributed by atoms with Crippen LogP contribution in [0.4, 0.5) is 5.69 Å². The summed E-state index contributed by atoms with van der Waals surface area (Å²) in [7, 11) is 0. The highest BCUT2D eigenvalue weighted by Gasteiger charge is 2.04. The fraction of sp³-hybridized carbons (Fsp3) is 0. The molecular formula is C15H9N5S. The molecule has 1 aromatic carbocycles. The number of fused-ring (bicyclic) bond motifs is 1. The topological polar surface area (TPSA) is 76.9 Å². The minimum absolute atomic E-state index is 0.0356. The number of imidazole rings is 1. The molecule has 0 aliphatic heterocycles. The lowest BCUT2D eigenvalue weighted by atomic mass is 10.1. The van der Waals surface area contributed by atoms with Gasteiger partial charge >= 0.3 is 0 Å². The standard InChI is InChI=1S/C15H9N5S/c16-7-11(8-17)9-18-13-3-1-12(2-4-13)14-10-20-5-6-21-15(20)19-14/h1-6,9-10,18H. The minimum atomic E-state index is 0.0356. The van der Waals surface area contributed by atoms with Crippen LogP contribution in [0, 0.1) is 22.7 Å². The highest BCUT2D eigenvalue weighted by Crippen LogP contribution is 2.23. The van der Waals surface area contributed by atoms with Crippen LogP contribution in [0.25, 0.3) is 16.2 Å². The maximum Gasteiger partial charge on any atom is 0.194 e. The van der Waals surface area contributed by atoms with Crippen LogP contribution in [0.2, 0.25) is 0 Å². The van der Waals surface area contributed by atoms with E-state index in [4.69, 9.17) is 10.5 Å². The number of anilines is 1. The zero-order chi connectivity index (χ0) is 14.7. The molecule has 100 valence electrons. The van der Waals surface area contributed by atoms with Crippen molar-refractivity contribution < 1.29 is 0 Å². The first kappa shape index (κ1) is 12.9. The van der Waals surface area contributed by atoms with Gasteiger partial charge in [0.05, 0.1) is 5.69 Å². The molecule has 0 fully saturated rings. The van der Waals surface area contributed by atoms with Crippen LogP contribution >= 0.6 is 11.3 Å². The van der Waals surface area contributed by atoms with Crippen LogP contribution in [0.1, 0.15) is 0 Å². The molecule has 3 aromatic rings. The summed E-state index contributed by atoms with van der Waals surface area (Å²) in [5.74, 6) is 0. The van der Waals surface area contributed by atoms with E-state index in [2.05, 4.69) is 10.3 Å². The van der Waals surface area contributed by atoms with Crippen LogP contribution in [-0.4, -0.2) is 9.38 Å². The lowest BCUT2D eigenvalue weighted by Gasteiger charge is -2.01. The van der Waals surface area contributed by atoms with E-state index < -0.39 is 0 Å². The summed E-state index contributed by atoms with van der Waals surface area (Å²) >= 11 is 1.59. The van der Waals surface area contributed by atoms with Crippen LogP contribution in [0.3, 0.4) is 0 Å². The number of benzene rings is 1. The van der Waals surface area contributed by atoms with Gasteiger partial charge in [-0.05, 0) is 12.1 Å². The fourth-order valence-electron chi connectivity index (χ4n) is 1.85. The van der Waals surface area contributed by atoms with E-state index in [1.807, 2.05) is 46.4 Å². The van der Waals surface area contributed by atoms with Gasteiger partial charge in [-0.15, -0.1) is 11.3 Å². The normalized spacial score (nSPS) is 9.81. The Kier molecular flexibility index (Phi) is 3.38. The van der Waals surface area contributed by atoms with E-state index in [0.29, 0.717) is 0 Å². The van der Waals surface area contributed by atoms with E-state index in [1.54, 1.807) is 23.5 Å². The summed E-state index contributed by atoms with van der Waals surface area (Å²) < 4.78 is 1.99. The molecule has 0 bridgehead atoms. The lowest BCUT2D eigenvalue weighted by Crippen LogP contribution is -1.89. The minimum Gasteiger partial charge on any atom is -0.360 e. The number of rotatable bonds is 3. The molecular weight excluding hydrogens is 282 g/mol. The number of aromatic nitrogens is 2. The van der Waals surface area contributed by atoms with Crippen molar-refractivity contribution in [2.75, 3.05) is 5.32 Å². The van der Waals surface area contributed by atoms with Crippen molar-refractivity contribution in [3.63, 3.8) is 0 Å². The van der Waals surface area contributed by atoms with Crippen molar-refractivity contribution in [1.82, 2.24) is 9.38 Å². The summed E-state index contributed by atoms with van der Waals surface area (Å²) in [6.07, 6.45) is 5.35. The van der Waals surface area contributed by atoms with Crippen molar-refractivity contribution >= 4 is 22.0 Å². The van der Waals surface area contributed by atoms with E-state index in [-0.39, 0.29) is 5.57 Å². The van der Waals surface area contributed by atoms with Gasteiger partial charge in [-0.1, -0.05) is 12.1 Å². The Hall–Kier alpha value is -3.09. The molecule has 0 atom stereocenters. The number of hydrogen-bond donors (Lipinski definition) is 1. The summed E-state index contributed by atoms with van der Waals surface area (Å²) in [5.41, 5.74) is 2.77. The van der Waals surface area contributed by atoms with Crippen LogP contribution in [0.5, 0.6) is 0 Å². The van der Waals surface area contributed by atoms with E-state index in [9.17, 15) is 0 Å². The Labute approximate surface area is 125 Å². The van der Waals surface area contributed by atoms with Gasteiger partial charge in [0.25, 0.3) is 0 Å². The van der Waals surface area contributed by atoms with Crippen molar-refractivity contribution in [1.29, 1.82) is 10.5 Å². The number of hydrogen-bond acceptors (Lipinski definition) is 5. The molecule has 0 aliphatic rings. The van der Waals surface area contributed by atoms with Gasteiger partial charge in [0, 0.05) is 35.2 Å². The molecule has 21 heavy (non-hydrogen) atoms. The van der Waals surface area contributed by atoms with Gasteiger partial charge in [-0.2, -0.15) is 10.5 Å². The maximum absolute atomic E-state index is 8.66. The van der Waals surface area contributed by atoms with Crippen molar-refractivity contribution in [2.24, 2.45) is 0 Å². The fourth-order valence-corrected chi connectivity index (χ4v) is 2.55. The van der Waals surface area contributed by atoms with Gasteiger partial charge in [-0.25, -0.2) is 4.98 Å². The first-order chi connectivity index (χ1) is 10.3. The Morgan fingerprint density at radius 1 is 1.24 bits per heavy atom. The third-order valence-corrected chi connectivity index (χ3v) is 3.67. The number of nitrogens with one attached hydrogen (secondary N) is 1. The van der Waals surface area contributed by atoms with Crippen molar-refractivity contribution in [3.05, 3.63) is 53.8 Å². The van der Waals surface area contributed by atoms with Gasteiger partial charge in [0.15, 0.2) is 4.96 Å². The molecule has 1 N–H and O–H groups in total. The highest BCUT2D eigenvalue weighted by molar-refractivity contribution is 7.15. The van der Waals surface area contributed by atoms with E-state index in [1.165, 1.54) is 6.20 Å². The predicted molar refractivity (Wildman–Crippen MR) is 81.4 cm³/mol. The number of allylic oxidation sites excluding steroid dienone is 1. The number of nitrogens with zero attached hydrogens (tertiary/aromatic N) is 4. The summed E-state index contributed by atoms with van der Waals surface area (Å²) in [6.45, 7) is 0. The highest BCUT2D eigenvalue weighted by atomic mass is 32.1. The average molecular weight is 291 g/mol.